The van der Waals surface area contributed by atoms with Crippen LogP contribution in [0.1, 0.15) is 13.8 Å². The van der Waals surface area contributed by atoms with Crippen molar-refractivity contribution in [3.8, 4) is 0 Å². The lowest BCUT2D eigenvalue weighted by Gasteiger charge is -2.26. The molecule has 0 radical (unpaired) electrons. The van der Waals surface area contributed by atoms with Gasteiger partial charge in [-0.05, 0) is 13.8 Å². The van der Waals surface area contributed by atoms with Gasteiger partial charge in [-0.1, -0.05) is 42.0 Å². The van der Waals surface area contributed by atoms with Crippen molar-refractivity contribution in [3.05, 3.63) is 42.0 Å². The van der Waals surface area contributed by atoms with Gasteiger partial charge in [-0.2, -0.15) is 0 Å². The van der Waals surface area contributed by atoms with Gasteiger partial charge in [0.05, 0.1) is 6.61 Å². The summed E-state index contributed by atoms with van der Waals surface area (Å²) in [6.45, 7) is 4.58. The van der Waals surface area contributed by atoms with Gasteiger partial charge in [-0.25, -0.2) is 0 Å². The number of hydrogen-bond donors (Lipinski definition) is 0. The second kappa shape index (κ2) is 6.71. The zero-order valence-corrected chi connectivity index (χ0v) is 11.9. The first kappa shape index (κ1) is 14.1. The maximum Gasteiger partial charge on any atom is 0.536 e. The van der Waals surface area contributed by atoms with Gasteiger partial charge >= 0.3 is 8.80 Å². The van der Waals surface area contributed by atoms with Crippen molar-refractivity contribution in [1.29, 1.82) is 0 Å². The molecule has 0 bridgehead atoms. The fraction of sp³-hybridized carbons (Fsp3) is 0.385. The van der Waals surface area contributed by atoms with Crippen molar-refractivity contribution in [2.45, 2.75) is 13.8 Å². The zero-order valence-electron chi connectivity index (χ0n) is 10.9. The molecule has 0 saturated carbocycles. The van der Waals surface area contributed by atoms with E-state index in [1.54, 1.807) is 14.2 Å². The van der Waals surface area contributed by atoms with Crippen LogP contribution in [0.2, 0.25) is 0 Å². The summed E-state index contributed by atoms with van der Waals surface area (Å²) in [6.07, 6.45) is 2.02. The highest BCUT2D eigenvalue weighted by Gasteiger charge is 2.41. The van der Waals surface area contributed by atoms with Crippen LogP contribution < -0.4 is 5.19 Å². The molecule has 17 heavy (non-hydrogen) atoms. The van der Waals surface area contributed by atoms with Gasteiger partial charge in [0.15, 0.2) is 0 Å². The third-order valence-electron chi connectivity index (χ3n) is 2.43. The Labute approximate surface area is 104 Å². The molecule has 0 fully saturated rings. The van der Waals surface area contributed by atoms with Crippen LogP contribution in [-0.4, -0.2) is 29.6 Å². The molecule has 0 atom stereocenters. The fourth-order valence-corrected chi connectivity index (χ4v) is 3.42. The molecule has 0 aliphatic carbocycles. The highest BCUT2D eigenvalue weighted by atomic mass is 28.4. The van der Waals surface area contributed by atoms with Crippen LogP contribution in [0, 0.1) is 0 Å². The first-order chi connectivity index (χ1) is 8.14. The van der Waals surface area contributed by atoms with E-state index in [1.807, 2.05) is 50.3 Å². The molecule has 1 aromatic rings. The molecular formula is C13H20O3Si. The minimum absolute atomic E-state index is 0.505. The first-order valence-corrected chi connectivity index (χ1v) is 7.30. The molecule has 4 heteroatoms. The quantitative estimate of drug-likeness (QED) is 0.573. The average Bonchev–Trinajstić information content (AvgIpc) is 2.36. The molecule has 0 unspecified atom stereocenters. The Morgan fingerprint density at radius 2 is 1.71 bits per heavy atom. The predicted octanol–water partition coefficient (Wildman–Crippen LogP) is 2.11. The largest absolute Gasteiger partial charge is 0.536 e. The lowest BCUT2D eigenvalue weighted by molar-refractivity contribution is 0.126. The molecule has 0 aliphatic heterocycles. The molecule has 0 saturated heterocycles. The smallest absolute Gasteiger partial charge is 0.373 e. The standard InChI is InChI=1S/C13H20O3Si/c1-12(2)10-11-16-17(14-3,15-4)13-8-6-5-7-9-13/h5-10H,11H2,1-4H3. The molecule has 94 valence electrons. The van der Waals surface area contributed by atoms with Crippen LogP contribution >= 0.6 is 0 Å². The second-order valence-electron chi connectivity index (χ2n) is 3.92. The van der Waals surface area contributed by atoms with E-state index in [2.05, 4.69) is 0 Å². The minimum Gasteiger partial charge on any atom is -0.373 e. The maximum absolute atomic E-state index is 5.84. The van der Waals surface area contributed by atoms with Crippen molar-refractivity contribution in [3.63, 3.8) is 0 Å². The fourth-order valence-electron chi connectivity index (χ4n) is 1.48. The Kier molecular flexibility index (Phi) is 5.57. The normalized spacial score (nSPS) is 11.3. The summed E-state index contributed by atoms with van der Waals surface area (Å²) in [4.78, 5) is 0. The van der Waals surface area contributed by atoms with Crippen molar-refractivity contribution >= 4 is 14.0 Å². The van der Waals surface area contributed by atoms with Gasteiger partial charge in [-0.3, -0.25) is 0 Å². The summed E-state index contributed by atoms with van der Waals surface area (Å²) in [5, 5.41) is 0.979. The first-order valence-electron chi connectivity index (χ1n) is 5.58. The summed E-state index contributed by atoms with van der Waals surface area (Å²) >= 11 is 0. The van der Waals surface area contributed by atoms with Crippen LogP contribution in [0.25, 0.3) is 0 Å². The van der Waals surface area contributed by atoms with Crippen molar-refractivity contribution < 1.29 is 13.3 Å². The summed E-state index contributed by atoms with van der Waals surface area (Å²) in [5.74, 6) is 0. The summed E-state index contributed by atoms with van der Waals surface area (Å²) < 4.78 is 16.9. The average molecular weight is 252 g/mol. The van der Waals surface area contributed by atoms with Crippen molar-refractivity contribution in [2.24, 2.45) is 0 Å². The molecule has 3 nitrogen and oxygen atoms in total. The van der Waals surface area contributed by atoms with Crippen LogP contribution in [0.15, 0.2) is 42.0 Å². The highest BCUT2D eigenvalue weighted by Crippen LogP contribution is 2.08. The third-order valence-corrected chi connectivity index (χ3v) is 5.09. The maximum atomic E-state index is 5.84. The molecule has 1 rings (SSSR count). The predicted molar refractivity (Wildman–Crippen MR) is 71.2 cm³/mol. The van der Waals surface area contributed by atoms with E-state index in [0.29, 0.717) is 6.61 Å². The zero-order chi connectivity index (χ0) is 12.7. The van der Waals surface area contributed by atoms with Gasteiger partial charge in [0, 0.05) is 19.4 Å². The number of allylic oxidation sites excluding steroid dienone is 1. The van der Waals surface area contributed by atoms with E-state index in [0.717, 1.165) is 5.19 Å². The number of benzene rings is 1. The Morgan fingerprint density at radius 3 is 2.18 bits per heavy atom. The van der Waals surface area contributed by atoms with Gasteiger partial charge in [-0.15, -0.1) is 0 Å². The van der Waals surface area contributed by atoms with E-state index in [1.165, 1.54) is 5.57 Å². The lowest BCUT2D eigenvalue weighted by atomic mass is 10.3. The summed E-state index contributed by atoms with van der Waals surface area (Å²) in [6, 6.07) is 9.83. The van der Waals surface area contributed by atoms with Crippen LogP contribution in [-0.2, 0) is 13.3 Å². The lowest BCUT2D eigenvalue weighted by Crippen LogP contribution is -2.55. The topological polar surface area (TPSA) is 27.7 Å². The van der Waals surface area contributed by atoms with Crippen molar-refractivity contribution in [1.82, 2.24) is 0 Å². The van der Waals surface area contributed by atoms with Crippen LogP contribution in [0.3, 0.4) is 0 Å². The van der Waals surface area contributed by atoms with Crippen molar-refractivity contribution in [2.75, 3.05) is 20.8 Å². The summed E-state index contributed by atoms with van der Waals surface area (Å²) in [5.41, 5.74) is 1.22. The van der Waals surface area contributed by atoms with Gasteiger partial charge in [0.1, 0.15) is 0 Å². The Bertz CT molecular complexity index is 354. The number of rotatable bonds is 6. The minimum atomic E-state index is -2.73. The molecule has 0 aliphatic rings. The summed E-state index contributed by atoms with van der Waals surface area (Å²) in [7, 11) is 0.529. The molecule has 1 aromatic carbocycles. The van der Waals surface area contributed by atoms with Gasteiger partial charge in [0.25, 0.3) is 0 Å². The van der Waals surface area contributed by atoms with E-state index in [-0.39, 0.29) is 0 Å². The third kappa shape index (κ3) is 3.78. The highest BCUT2D eigenvalue weighted by molar-refractivity contribution is 6.75. The van der Waals surface area contributed by atoms with E-state index < -0.39 is 8.80 Å². The molecule has 0 aromatic heterocycles. The Hall–Kier alpha value is -0.943. The molecular weight excluding hydrogens is 232 g/mol. The molecule has 0 heterocycles. The monoisotopic (exact) mass is 252 g/mol. The Morgan fingerprint density at radius 1 is 1.12 bits per heavy atom. The molecule has 0 N–H and O–H groups in total. The Balaban J connectivity index is 2.86. The van der Waals surface area contributed by atoms with Gasteiger partial charge < -0.3 is 13.3 Å². The second-order valence-corrected chi connectivity index (χ2v) is 6.72. The SMILES string of the molecule is CO[Si](OC)(OCC=C(C)C)c1ccccc1. The van der Waals surface area contributed by atoms with Crippen LogP contribution in [0.5, 0.6) is 0 Å². The number of hydrogen-bond acceptors (Lipinski definition) is 3. The van der Waals surface area contributed by atoms with Gasteiger partial charge in [0.2, 0.25) is 0 Å². The van der Waals surface area contributed by atoms with E-state index >= 15 is 0 Å². The van der Waals surface area contributed by atoms with E-state index in [4.69, 9.17) is 13.3 Å². The molecule has 0 amide bonds. The van der Waals surface area contributed by atoms with E-state index in [9.17, 15) is 0 Å². The molecule has 0 spiro atoms. The van der Waals surface area contributed by atoms with Crippen LogP contribution in [0.4, 0.5) is 0 Å².